The number of aromatic nitrogens is 4. The van der Waals surface area contributed by atoms with Gasteiger partial charge in [-0.1, -0.05) is 11.6 Å². The first-order valence-electron chi connectivity index (χ1n) is 7.59. The van der Waals surface area contributed by atoms with Crippen molar-refractivity contribution in [1.82, 2.24) is 19.7 Å². The van der Waals surface area contributed by atoms with Crippen LogP contribution in [0.4, 0.5) is 13.2 Å². The van der Waals surface area contributed by atoms with Gasteiger partial charge in [-0.05, 0) is 24.3 Å². The summed E-state index contributed by atoms with van der Waals surface area (Å²) in [6.45, 7) is 0. The maximum atomic E-state index is 12.6. The third-order valence-corrected chi connectivity index (χ3v) is 3.89. The molecule has 0 bridgehead atoms. The number of halogens is 4. The minimum Gasteiger partial charge on any atom is -0.464 e. The molecule has 3 aromatic heterocycles. The average molecular weight is 411 g/mol. The molecule has 0 saturated heterocycles. The normalized spacial score (nSPS) is 11.3. The molecule has 0 aliphatic heterocycles. The Morgan fingerprint density at radius 2 is 1.93 bits per heavy atom. The molecule has 0 aromatic carbocycles. The lowest BCUT2D eigenvalue weighted by Gasteiger charge is -2.06. The third kappa shape index (κ3) is 3.72. The SMILES string of the molecule is COC(=O)c1cc(C(=O)c2ccc(C(F)(F)F)nc2)nn1-c1ncccc1Cl. The van der Waals surface area contributed by atoms with E-state index < -0.39 is 23.6 Å². The molecule has 0 radical (unpaired) electrons. The van der Waals surface area contributed by atoms with Gasteiger partial charge in [0.05, 0.1) is 12.1 Å². The summed E-state index contributed by atoms with van der Waals surface area (Å²) in [5.74, 6) is -1.47. The van der Waals surface area contributed by atoms with Crippen LogP contribution >= 0.6 is 11.6 Å². The van der Waals surface area contributed by atoms with E-state index in [4.69, 9.17) is 11.6 Å². The maximum Gasteiger partial charge on any atom is 0.433 e. The Hall–Kier alpha value is -3.27. The van der Waals surface area contributed by atoms with Crippen LogP contribution in [0.1, 0.15) is 32.2 Å². The van der Waals surface area contributed by atoms with Crippen molar-refractivity contribution in [3.05, 3.63) is 70.4 Å². The van der Waals surface area contributed by atoms with Gasteiger partial charge in [-0.25, -0.2) is 14.5 Å². The molecule has 0 atom stereocenters. The molecule has 28 heavy (non-hydrogen) atoms. The molecule has 3 rings (SSSR count). The first-order chi connectivity index (χ1) is 13.2. The van der Waals surface area contributed by atoms with Gasteiger partial charge in [0.25, 0.3) is 0 Å². The van der Waals surface area contributed by atoms with E-state index in [1.165, 1.54) is 12.3 Å². The first-order valence-corrected chi connectivity index (χ1v) is 7.97. The molecule has 144 valence electrons. The van der Waals surface area contributed by atoms with E-state index in [1.54, 1.807) is 6.07 Å². The van der Waals surface area contributed by atoms with Crippen molar-refractivity contribution in [3.63, 3.8) is 0 Å². The molecule has 0 saturated carbocycles. The molecule has 0 amide bonds. The Morgan fingerprint density at radius 1 is 1.18 bits per heavy atom. The Kier molecular flexibility index (Phi) is 5.14. The predicted molar refractivity (Wildman–Crippen MR) is 90.4 cm³/mol. The summed E-state index contributed by atoms with van der Waals surface area (Å²) in [6.07, 6.45) is -2.43. The summed E-state index contributed by atoms with van der Waals surface area (Å²) in [5.41, 5.74) is -1.62. The predicted octanol–water partition coefficient (Wildman–Crippen LogP) is 3.35. The van der Waals surface area contributed by atoms with Gasteiger partial charge in [0, 0.05) is 24.0 Å². The Labute approximate surface area is 160 Å². The van der Waals surface area contributed by atoms with Gasteiger partial charge in [0.2, 0.25) is 5.78 Å². The average Bonchev–Trinajstić information content (AvgIpc) is 3.11. The molecular weight excluding hydrogens is 401 g/mol. The summed E-state index contributed by atoms with van der Waals surface area (Å²) < 4.78 is 43.6. The highest BCUT2D eigenvalue weighted by atomic mass is 35.5. The quantitative estimate of drug-likeness (QED) is 0.484. The Morgan fingerprint density at radius 3 is 2.50 bits per heavy atom. The lowest BCUT2D eigenvalue weighted by Crippen LogP contribution is -2.12. The number of ether oxygens (including phenoxy) is 1. The summed E-state index contributed by atoms with van der Waals surface area (Å²) in [6, 6.07) is 5.86. The van der Waals surface area contributed by atoms with Crippen LogP contribution in [-0.4, -0.2) is 38.6 Å². The van der Waals surface area contributed by atoms with Crippen LogP contribution in [0.2, 0.25) is 5.02 Å². The largest absolute Gasteiger partial charge is 0.464 e. The molecule has 3 heterocycles. The first kappa shape index (κ1) is 19.5. The highest BCUT2D eigenvalue weighted by molar-refractivity contribution is 6.32. The lowest BCUT2D eigenvalue weighted by atomic mass is 10.1. The summed E-state index contributed by atoms with van der Waals surface area (Å²) in [7, 11) is 1.14. The van der Waals surface area contributed by atoms with E-state index in [0.29, 0.717) is 6.07 Å². The van der Waals surface area contributed by atoms with Gasteiger partial charge in [0.1, 0.15) is 11.4 Å². The van der Waals surface area contributed by atoms with Crippen LogP contribution in [0.3, 0.4) is 0 Å². The van der Waals surface area contributed by atoms with Crippen LogP contribution in [0.15, 0.2) is 42.7 Å². The van der Waals surface area contributed by atoms with E-state index in [0.717, 1.165) is 30.1 Å². The Bertz CT molecular complexity index is 1050. The molecule has 0 spiro atoms. The Balaban J connectivity index is 2.04. The summed E-state index contributed by atoms with van der Waals surface area (Å²) >= 11 is 6.07. The lowest BCUT2D eigenvalue weighted by molar-refractivity contribution is -0.141. The fraction of sp³-hybridized carbons (Fsp3) is 0.118. The molecule has 0 unspecified atom stereocenters. The molecule has 0 fully saturated rings. The van der Waals surface area contributed by atoms with Crippen molar-refractivity contribution in [2.75, 3.05) is 7.11 Å². The van der Waals surface area contributed by atoms with Crippen molar-refractivity contribution < 1.29 is 27.5 Å². The van der Waals surface area contributed by atoms with Gasteiger partial charge in [-0.2, -0.15) is 18.3 Å². The third-order valence-electron chi connectivity index (χ3n) is 3.59. The molecule has 0 N–H and O–H groups in total. The minimum absolute atomic E-state index is 0.0779. The summed E-state index contributed by atoms with van der Waals surface area (Å²) in [4.78, 5) is 31.9. The monoisotopic (exact) mass is 410 g/mol. The van der Waals surface area contributed by atoms with Crippen LogP contribution in [-0.2, 0) is 10.9 Å². The van der Waals surface area contributed by atoms with E-state index >= 15 is 0 Å². The number of alkyl halides is 3. The van der Waals surface area contributed by atoms with E-state index in [9.17, 15) is 22.8 Å². The van der Waals surface area contributed by atoms with Crippen molar-refractivity contribution in [3.8, 4) is 5.82 Å². The fourth-order valence-electron chi connectivity index (χ4n) is 2.28. The smallest absolute Gasteiger partial charge is 0.433 e. The maximum absolute atomic E-state index is 12.6. The molecule has 11 heteroatoms. The van der Waals surface area contributed by atoms with Gasteiger partial charge in [-0.15, -0.1) is 0 Å². The van der Waals surface area contributed by atoms with E-state index in [1.807, 2.05) is 0 Å². The van der Waals surface area contributed by atoms with Crippen LogP contribution < -0.4 is 0 Å². The van der Waals surface area contributed by atoms with Crippen molar-refractivity contribution in [2.45, 2.75) is 6.18 Å². The van der Waals surface area contributed by atoms with Crippen molar-refractivity contribution >= 4 is 23.4 Å². The standard InChI is InChI=1S/C17H10ClF3N4O3/c1-28-16(27)12-7-11(24-25(12)15-10(18)3-2-6-22-15)14(26)9-4-5-13(23-8-9)17(19,20)21/h2-8H,1H3. The number of hydrogen-bond acceptors (Lipinski definition) is 6. The number of hydrogen-bond donors (Lipinski definition) is 0. The second-order valence-corrected chi connectivity index (χ2v) is 5.79. The highest BCUT2D eigenvalue weighted by Crippen LogP contribution is 2.27. The van der Waals surface area contributed by atoms with Crippen LogP contribution in [0.25, 0.3) is 5.82 Å². The number of esters is 1. The number of ketones is 1. The fourth-order valence-corrected chi connectivity index (χ4v) is 2.48. The van der Waals surface area contributed by atoms with Crippen LogP contribution in [0.5, 0.6) is 0 Å². The zero-order chi connectivity index (χ0) is 20.5. The highest BCUT2D eigenvalue weighted by Gasteiger charge is 2.32. The van der Waals surface area contributed by atoms with Crippen molar-refractivity contribution in [2.24, 2.45) is 0 Å². The van der Waals surface area contributed by atoms with Gasteiger partial charge < -0.3 is 4.74 Å². The number of rotatable bonds is 4. The molecular formula is C17H10ClF3N4O3. The van der Waals surface area contributed by atoms with Gasteiger partial charge in [-0.3, -0.25) is 9.78 Å². The molecule has 3 aromatic rings. The second-order valence-electron chi connectivity index (χ2n) is 5.39. The zero-order valence-electron chi connectivity index (χ0n) is 14.1. The zero-order valence-corrected chi connectivity index (χ0v) is 14.8. The number of pyridine rings is 2. The van der Waals surface area contributed by atoms with Gasteiger partial charge >= 0.3 is 12.1 Å². The van der Waals surface area contributed by atoms with E-state index in [-0.39, 0.29) is 27.8 Å². The number of methoxy groups -OCH3 is 1. The van der Waals surface area contributed by atoms with Gasteiger partial charge in [0.15, 0.2) is 11.5 Å². The van der Waals surface area contributed by atoms with Crippen molar-refractivity contribution in [1.29, 1.82) is 0 Å². The second kappa shape index (κ2) is 7.39. The molecule has 0 aliphatic carbocycles. The van der Waals surface area contributed by atoms with Crippen LogP contribution in [0, 0.1) is 0 Å². The number of carbonyl (C=O) groups excluding carboxylic acids is 2. The number of nitrogens with zero attached hydrogens (tertiary/aromatic N) is 4. The minimum atomic E-state index is -4.63. The molecule has 7 nitrogen and oxygen atoms in total. The molecule has 0 aliphatic rings. The van der Waals surface area contributed by atoms with E-state index in [2.05, 4.69) is 19.8 Å². The number of carbonyl (C=O) groups is 2. The topological polar surface area (TPSA) is 87.0 Å². The summed E-state index contributed by atoms with van der Waals surface area (Å²) in [5, 5.41) is 4.19.